The zero-order valence-corrected chi connectivity index (χ0v) is 12.8. The van der Waals surface area contributed by atoms with Gasteiger partial charge in [-0.1, -0.05) is 30.3 Å². The van der Waals surface area contributed by atoms with E-state index >= 15 is 0 Å². The molecule has 1 aromatic carbocycles. The molecule has 5 heteroatoms. The Bertz CT molecular complexity index is 520. The van der Waals surface area contributed by atoms with Crippen LogP contribution in [-0.4, -0.2) is 41.9 Å². The van der Waals surface area contributed by atoms with E-state index in [1.165, 1.54) is 5.56 Å². The van der Waals surface area contributed by atoms with E-state index < -0.39 is 11.8 Å². The minimum atomic E-state index is -0.478. The molecule has 1 saturated heterocycles. The topological polar surface area (TPSA) is 61.4 Å². The molecule has 2 N–H and O–H groups in total. The number of likely N-dealkylation sites (tertiary alicyclic amines) is 1. The average Bonchev–Trinajstić information content (AvgIpc) is 3.34. The van der Waals surface area contributed by atoms with Gasteiger partial charge in [0.25, 0.3) is 0 Å². The number of nitrogens with one attached hydrogen (secondary N) is 2. The number of hydrogen-bond donors (Lipinski definition) is 2. The highest BCUT2D eigenvalue weighted by atomic mass is 16.2. The number of rotatable bonds is 4. The fourth-order valence-corrected chi connectivity index (χ4v) is 2.81. The predicted molar refractivity (Wildman–Crippen MR) is 84.0 cm³/mol. The molecule has 0 aromatic heterocycles. The van der Waals surface area contributed by atoms with Gasteiger partial charge in [0, 0.05) is 31.7 Å². The summed E-state index contributed by atoms with van der Waals surface area (Å²) in [5, 5.41) is 5.58. The molecule has 2 aliphatic rings. The van der Waals surface area contributed by atoms with Crippen LogP contribution < -0.4 is 10.6 Å². The van der Waals surface area contributed by atoms with Gasteiger partial charge in [-0.2, -0.15) is 0 Å². The molecule has 1 saturated carbocycles. The first kappa shape index (κ1) is 15.0. The fraction of sp³-hybridized carbons (Fsp3) is 0.529. The SMILES string of the molecule is O=C(NC1CC1)C(=O)NC1CCN(Cc2ccccc2)CC1. The van der Waals surface area contributed by atoms with E-state index in [1.54, 1.807) is 0 Å². The lowest BCUT2D eigenvalue weighted by molar-refractivity contribution is -0.139. The maximum absolute atomic E-state index is 11.8. The Balaban J connectivity index is 1.39. The predicted octanol–water partition coefficient (Wildman–Crippen LogP) is 1.05. The number of carbonyl (C=O) groups is 2. The average molecular weight is 301 g/mol. The molecule has 1 heterocycles. The zero-order valence-electron chi connectivity index (χ0n) is 12.8. The summed E-state index contributed by atoms with van der Waals surface area (Å²) in [6, 6.07) is 10.8. The number of hydrogen-bond acceptors (Lipinski definition) is 3. The van der Waals surface area contributed by atoms with Gasteiger partial charge in [0.15, 0.2) is 0 Å². The van der Waals surface area contributed by atoms with Crippen molar-refractivity contribution in [3.63, 3.8) is 0 Å². The Morgan fingerprint density at radius 1 is 0.909 bits per heavy atom. The van der Waals surface area contributed by atoms with Gasteiger partial charge in [-0.15, -0.1) is 0 Å². The number of nitrogens with zero attached hydrogens (tertiary/aromatic N) is 1. The summed E-state index contributed by atoms with van der Waals surface area (Å²) < 4.78 is 0. The van der Waals surface area contributed by atoms with E-state index in [9.17, 15) is 9.59 Å². The molecule has 1 aliphatic heterocycles. The van der Waals surface area contributed by atoms with Crippen molar-refractivity contribution in [1.82, 2.24) is 15.5 Å². The normalized spacial score (nSPS) is 19.6. The third kappa shape index (κ3) is 4.31. The molecule has 22 heavy (non-hydrogen) atoms. The van der Waals surface area contributed by atoms with Gasteiger partial charge in [0.1, 0.15) is 0 Å². The Kier molecular flexibility index (Phi) is 4.73. The molecule has 5 nitrogen and oxygen atoms in total. The van der Waals surface area contributed by atoms with Crippen molar-refractivity contribution >= 4 is 11.8 Å². The Morgan fingerprint density at radius 2 is 1.45 bits per heavy atom. The van der Waals surface area contributed by atoms with Crippen LogP contribution >= 0.6 is 0 Å². The van der Waals surface area contributed by atoms with Gasteiger partial charge < -0.3 is 10.6 Å². The van der Waals surface area contributed by atoms with Crippen LogP contribution in [0.25, 0.3) is 0 Å². The Morgan fingerprint density at radius 3 is 2.00 bits per heavy atom. The zero-order chi connectivity index (χ0) is 15.4. The number of benzene rings is 1. The number of amides is 2. The summed E-state index contributed by atoms with van der Waals surface area (Å²) in [4.78, 5) is 25.8. The molecule has 1 aromatic rings. The second-order valence-corrected chi connectivity index (χ2v) is 6.26. The van der Waals surface area contributed by atoms with Gasteiger partial charge in [-0.05, 0) is 31.2 Å². The van der Waals surface area contributed by atoms with Crippen LogP contribution in [0.2, 0.25) is 0 Å². The number of piperidine rings is 1. The minimum absolute atomic E-state index is 0.115. The van der Waals surface area contributed by atoms with Crippen molar-refractivity contribution in [1.29, 1.82) is 0 Å². The maximum Gasteiger partial charge on any atom is 0.309 e. The van der Waals surface area contributed by atoms with Crippen LogP contribution in [-0.2, 0) is 16.1 Å². The molecule has 0 bridgehead atoms. The third-order valence-corrected chi connectivity index (χ3v) is 4.29. The molecule has 1 aliphatic carbocycles. The Hall–Kier alpha value is -1.88. The summed E-state index contributed by atoms with van der Waals surface area (Å²) in [7, 11) is 0. The number of carbonyl (C=O) groups excluding carboxylic acids is 2. The highest BCUT2D eigenvalue weighted by molar-refractivity contribution is 6.35. The van der Waals surface area contributed by atoms with E-state index in [1.807, 2.05) is 6.07 Å². The quantitative estimate of drug-likeness (QED) is 0.817. The van der Waals surface area contributed by atoms with E-state index in [0.29, 0.717) is 0 Å². The minimum Gasteiger partial charge on any atom is -0.345 e. The maximum atomic E-state index is 11.8. The molecular weight excluding hydrogens is 278 g/mol. The summed E-state index contributed by atoms with van der Waals surface area (Å²) in [6.07, 6.45) is 3.79. The van der Waals surface area contributed by atoms with Gasteiger partial charge in [-0.3, -0.25) is 14.5 Å². The standard InChI is InChI=1S/C17H23N3O2/c21-16(18-14-6-7-14)17(22)19-15-8-10-20(11-9-15)12-13-4-2-1-3-5-13/h1-5,14-15H,6-12H2,(H,18,21)(H,19,22). The molecule has 2 amide bonds. The summed E-state index contributed by atoms with van der Waals surface area (Å²) >= 11 is 0. The third-order valence-electron chi connectivity index (χ3n) is 4.29. The molecule has 0 atom stereocenters. The van der Waals surface area contributed by atoms with E-state index in [4.69, 9.17) is 0 Å². The molecule has 0 spiro atoms. The van der Waals surface area contributed by atoms with Gasteiger partial charge >= 0.3 is 11.8 Å². The first-order valence-electron chi connectivity index (χ1n) is 8.08. The lowest BCUT2D eigenvalue weighted by atomic mass is 10.0. The summed E-state index contributed by atoms with van der Waals surface area (Å²) in [6.45, 7) is 2.85. The van der Waals surface area contributed by atoms with Crippen LogP contribution in [0.5, 0.6) is 0 Å². The van der Waals surface area contributed by atoms with Crippen LogP contribution in [0, 0.1) is 0 Å². The van der Waals surface area contributed by atoms with Crippen LogP contribution in [0.4, 0.5) is 0 Å². The fourth-order valence-electron chi connectivity index (χ4n) is 2.81. The second-order valence-electron chi connectivity index (χ2n) is 6.26. The van der Waals surface area contributed by atoms with Crippen LogP contribution in [0.15, 0.2) is 30.3 Å². The molecular formula is C17H23N3O2. The summed E-state index contributed by atoms with van der Waals surface area (Å²) in [5.41, 5.74) is 1.31. The highest BCUT2D eigenvalue weighted by Gasteiger charge is 2.28. The van der Waals surface area contributed by atoms with Crippen molar-refractivity contribution in [3.05, 3.63) is 35.9 Å². The smallest absolute Gasteiger partial charge is 0.309 e. The van der Waals surface area contributed by atoms with Crippen molar-refractivity contribution in [3.8, 4) is 0 Å². The summed E-state index contributed by atoms with van der Waals surface area (Å²) in [5.74, 6) is -0.956. The lowest BCUT2D eigenvalue weighted by Crippen LogP contribution is -2.49. The molecule has 2 fully saturated rings. The van der Waals surface area contributed by atoms with Gasteiger partial charge in [0.05, 0.1) is 0 Å². The molecule has 3 rings (SSSR count). The van der Waals surface area contributed by atoms with Crippen LogP contribution in [0.1, 0.15) is 31.2 Å². The molecule has 118 valence electrons. The van der Waals surface area contributed by atoms with Gasteiger partial charge in [-0.25, -0.2) is 0 Å². The van der Waals surface area contributed by atoms with E-state index in [-0.39, 0.29) is 12.1 Å². The van der Waals surface area contributed by atoms with Crippen molar-refractivity contribution < 1.29 is 9.59 Å². The lowest BCUT2D eigenvalue weighted by Gasteiger charge is -2.32. The van der Waals surface area contributed by atoms with Crippen molar-refractivity contribution in [2.24, 2.45) is 0 Å². The molecule has 0 unspecified atom stereocenters. The molecule has 0 radical (unpaired) electrons. The first-order valence-corrected chi connectivity index (χ1v) is 8.08. The highest BCUT2D eigenvalue weighted by Crippen LogP contribution is 2.18. The van der Waals surface area contributed by atoms with E-state index in [2.05, 4.69) is 39.8 Å². The van der Waals surface area contributed by atoms with Crippen LogP contribution in [0.3, 0.4) is 0 Å². The monoisotopic (exact) mass is 301 g/mol. The Labute approximate surface area is 131 Å². The van der Waals surface area contributed by atoms with Gasteiger partial charge in [0.2, 0.25) is 0 Å². The van der Waals surface area contributed by atoms with Crippen molar-refractivity contribution in [2.45, 2.75) is 44.3 Å². The first-order chi connectivity index (χ1) is 10.7. The largest absolute Gasteiger partial charge is 0.345 e. The van der Waals surface area contributed by atoms with Crippen molar-refractivity contribution in [2.75, 3.05) is 13.1 Å². The second kappa shape index (κ2) is 6.92. The van der Waals surface area contributed by atoms with E-state index in [0.717, 1.165) is 45.3 Å².